The number of halogens is 4. The van der Waals surface area contributed by atoms with Gasteiger partial charge in [0, 0.05) is 29.9 Å². The number of anilines is 1. The van der Waals surface area contributed by atoms with Gasteiger partial charge in [-0.1, -0.05) is 0 Å². The van der Waals surface area contributed by atoms with Crippen LogP contribution in [0.1, 0.15) is 18.4 Å². The second-order valence-corrected chi connectivity index (χ2v) is 5.48. The Kier molecular flexibility index (Phi) is 4.73. The summed E-state index contributed by atoms with van der Waals surface area (Å²) in [6, 6.07) is 3.64. The largest absolute Gasteiger partial charge is 0.416 e. The lowest BCUT2D eigenvalue weighted by molar-refractivity contribution is -0.137. The quantitative estimate of drug-likeness (QED) is 0.887. The van der Waals surface area contributed by atoms with Crippen LogP contribution >= 0.6 is 15.9 Å². The van der Waals surface area contributed by atoms with E-state index < -0.39 is 11.7 Å². The van der Waals surface area contributed by atoms with E-state index in [1.165, 1.54) is 6.07 Å². The van der Waals surface area contributed by atoms with Gasteiger partial charge in [0.15, 0.2) is 0 Å². The van der Waals surface area contributed by atoms with E-state index in [9.17, 15) is 13.2 Å². The second kappa shape index (κ2) is 6.13. The molecule has 1 aliphatic rings. The van der Waals surface area contributed by atoms with Crippen LogP contribution in [0.5, 0.6) is 0 Å². The zero-order valence-electron chi connectivity index (χ0n) is 10.3. The fourth-order valence-corrected chi connectivity index (χ4v) is 2.43. The van der Waals surface area contributed by atoms with E-state index in [4.69, 9.17) is 4.74 Å². The van der Waals surface area contributed by atoms with E-state index in [1.54, 1.807) is 0 Å². The average Bonchev–Trinajstić information content (AvgIpc) is 2.37. The molecule has 2 rings (SSSR count). The van der Waals surface area contributed by atoms with Gasteiger partial charge in [0.05, 0.1) is 5.56 Å². The van der Waals surface area contributed by atoms with Crippen molar-refractivity contribution in [2.75, 3.05) is 25.1 Å². The first-order valence-corrected chi connectivity index (χ1v) is 6.94. The molecule has 1 saturated heterocycles. The lowest BCUT2D eigenvalue weighted by atomic mass is 10.0. The van der Waals surface area contributed by atoms with Crippen molar-refractivity contribution in [3.05, 3.63) is 28.2 Å². The predicted octanol–water partition coefficient (Wildman–Crippen LogP) is 4.31. The Morgan fingerprint density at radius 3 is 2.58 bits per heavy atom. The summed E-state index contributed by atoms with van der Waals surface area (Å²) < 4.78 is 43.8. The van der Waals surface area contributed by atoms with Gasteiger partial charge in [0.2, 0.25) is 0 Å². The van der Waals surface area contributed by atoms with Crippen LogP contribution in [0.4, 0.5) is 18.9 Å². The van der Waals surface area contributed by atoms with Gasteiger partial charge in [-0.3, -0.25) is 0 Å². The second-order valence-electron chi connectivity index (χ2n) is 4.63. The third-order valence-corrected chi connectivity index (χ3v) is 3.91. The molecule has 1 N–H and O–H groups in total. The van der Waals surface area contributed by atoms with E-state index in [0.717, 1.165) is 38.2 Å². The summed E-state index contributed by atoms with van der Waals surface area (Å²) in [6.45, 7) is 2.13. The third kappa shape index (κ3) is 4.11. The van der Waals surface area contributed by atoms with Gasteiger partial charge in [-0.05, 0) is 52.9 Å². The summed E-state index contributed by atoms with van der Waals surface area (Å²) in [5.74, 6) is 0.454. The molecular weight excluding hydrogens is 323 g/mol. The summed E-state index contributed by atoms with van der Waals surface area (Å²) in [5, 5.41) is 3.09. The van der Waals surface area contributed by atoms with Crippen LogP contribution in [0.15, 0.2) is 22.7 Å². The van der Waals surface area contributed by atoms with Crippen LogP contribution in [-0.4, -0.2) is 19.8 Å². The van der Waals surface area contributed by atoms with E-state index >= 15 is 0 Å². The molecule has 6 heteroatoms. The molecule has 0 radical (unpaired) electrons. The van der Waals surface area contributed by atoms with E-state index in [2.05, 4.69) is 21.2 Å². The summed E-state index contributed by atoms with van der Waals surface area (Å²) in [4.78, 5) is 0. The van der Waals surface area contributed by atoms with Crippen molar-refractivity contribution >= 4 is 21.6 Å². The first-order chi connectivity index (χ1) is 8.97. The van der Waals surface area contributed by atoms with Gasteiger partial charge in [-0.15, -0.1) is 0 Å². The van der Waals surface area contributed by atoms with Crippen molar-refractivity contribution < 1.29 is 17.9 Å². The van der Waals surface area contributed by atoms with Gasteiger partial charge < -0.3 is 10.1 Å². The van der Waals surface area contributed by atoms with Crippen molar-refractivity contribution in [2.45, 2.75) is 19.0 Å². The maximum Gasteiger partial charge on any atom is 0.416 e. The standard InChI is InChI=1S/C13H15BrF3NO/c14-11-2-1-10(13(15,16)17)7-12(11)18-8-9-3-5-19-6-4-9/h1-2,7,9,18H,3-6,8H2. The molecule has 0 spiro atoms. The topological polar surface area (TPSA) is 21.3 Å². The minimum absolute atomic E-state index is 0.454. The van der Waals surface area contributed by atoms with Gasteiger partial charge in [-0.2, -0.15) is 13.2 Å². The molecule has 106 valence electrons. The third-order valence-electron chi connectivity index (χ3n) is 3.22. The molecular formula is C13H15BrF3NO. The first kappa shape index (κ1) is 14.7. The monoisotopic (exact) mass is 337 g/mol. The first-order valence-electron chi connectivity index (χ1n) is 6.15. The zero-order valence-corrected chi connectivity index (χ0v) is 11.9. The van der Waals surface area contributed by atoms with Crippen LogP contribution in [0, 0.1) is 5.92 Å². The molecule has 0 bridgehead atoms. The molecule has 1 aromatic rings. The Morgan fingerprint density at radius 1 is 1.26 bits per heavy atom. The Morgan fingerprint density at radius 2 is 1.95 bits per heavy atom. The number of rotatable bonds is 3. The molecule has 0 unspecified atom stereocenters. The van der Waals surface area contributed by atoms with Crippen molar-refractivity contribution in [1.29, 1.82) is 0 Å². The predicted molar refractivity (Wildman–Crippen MR) is 71.2 cm³/mol. The smallest absolute Gasteiger partial charge is 0.384 e. The van der Waals surface area contributed by atoms with Gasteiger partial charge in [0.1, 0.15) is 0 Å². The maximum atomic E-state index is 12.6. The highest BCUT2D eigenvalue weighted by Gasteiger charge is 2.30. The molecule has 0 saturated carbocycles. The molecule has 1 aromatic carbocycles. The number of alkyl halides is 3. The average molecular weight is 338 g/mol. The molecule has 1 fully saturated rings. The summed E-state index contributed by atoms with van der Waals surface area (Å²) >= 11 is 3.27. The highest BCUT2D eigenvalue weighted by molar-refractivity contribution is 9.10. The fraction of sp³-hybridized carbons (Fsp3) is 0.538. The normalized spacial score (nSPS) is 17.5. The maximum absolute atomic E-state index is 12.6. The van der Waals surface area contributed by atoms with Crippen molar-refractivity contribution in [1.82, 2.24) is 0 Å². The van der Waals surface area contributed by atoms with Gasteiger partial charge >= 0.3 is 6.18 Å². The molecule has 0 atom stereocenters. The SMILES string of the molecule is FC(F)(F)c1ccc(Br)c(NCC2CCOCC2)c1. The zero-order chi connectivity index (χ0) is 13.9. The molecule has 19 heavy (non-hydrogen) atoms. The van der Waals surface area contributed by atoms with E-state index in [1.807, 2.05) is 0 Å². The van der Waals surface area contributed by atoms with Gasteiger partial charge in [-0.25, -0.2) is 0 Å². The highest BCUT2D eigenvalue weighted by atomic mass is 79.9. The molecule has 0 aliphatic carbocycles. The molecule has 1 heterocycles. The molecule has 0 amide bonds. The Labute approximate surface area is 118 Å². The number of ether oxygens (including phenoxy) is 1. The van der Waals surface area contributed by atoms with Crippen molar-refractivity contribution in [2.24, 2.45) is 5.92 Å². The van der Waals surface area contributed by atoms with Gasteiger partial charge in [0.25, 0.3) is 0 Å². The van der Waals surface area contributed by atoms with E-state index in [-0.39, 0.29) is 0 Å². The van der Waals surface area contributed by atoms with Crippen molar-refractivity contribution in [3.8, 4) is 0 Å². The van der Waals surface area contributed by atoms with Crippen LogP contribution < -0.4 is 5.32 Å². The minimum atomic E-state index is -4.31. The number of benzene rings is 1. The Hall–Kier alpha value is -0.750. The highest BCUT2D eigenvalue weighted by Crippen LogP contribution is 2.34. The molecule has 2 nitrogen and oxygen atoms in total. The lowest BCUT2D eigenvalue weighted by Gasteiger charge is -2.23. The number of hydrogen-bond donors (Lipinski definition) is 1. The van der Waals surface area contributed by atoms with Crippen LogP contribution in [-0.2, 0) is 10.9 Å². The number of nitrogens with one attached hydrogen (secondary N) is 1. The van der Waals surface area contributed by atoms with Crippen LogP contribution in [0.25, 0.3) is 0 Å². The summed E-state index contributed by atoms with van der Waals surface area (Å²) in [7, 11) is 0. The summed E-state index contributed by atoms with van der Waals surface area (Å²) in [6.07, 6.45) is -2.41. The van der Waals surface area contributed by atoms with Crippen LogP contribution in [0.3, 0.4) is 0 Å². The van der Waals surface area contributed by atoms with Crippen LogP contribution in [0.2, 0.25) is 0 Å². The molecule has 1 aliphatic heterocycles. The summed E-state index contributed by atoms with van der Waals surface area (Å²) in [5.41, 5.74) is -0.147. The fourth-order valence-electron chi connectivity index (χ4n) is 2.04. The van der Waals surface area contributed by atoms with Crippen molar-refractivity contribution in [3.63, 3.8) is 0 Å². The Balaban J connectivity index is 2.02. The Bertz CT molecular complexity index is 430. The molecule has 0 aromatic heterocycles. The minimum Gasteiger partial charge on any atom is -0.384 e. The number of hydrogen-bond acceptors (Lipinski definition) is 2. The lowest BCUT2D eigenvalue weighted by Crippen LogP contribution is -2.22. The van der Waals surface area contributed by atoms with E-state index in [0.29, 0.717) is 22.6 Å².